The third kappa shape index (κ3) is 1.59. The topological polar surface area (TPSA) is 49.9 Å². The summed E-state index contributed by atoms with van der Waals surface area (Å²) in [7, 11) is 1.68. The Bertz CT molecular complexity index is 672. The number of amides is 2. The molecule has 22 heavy (non-hydrogen) atoms. The lowest BCUT2D eigenvalue weighted by atomic mass is 9.85. The van der Waals surface area contributed by atoms with E-state index < -0.39 is 5.54 Å². The zero-order chi connectivity index (χ0) is 15.5. The minimum absolute atomic E-state index is 0.0403. The molecular formula is C17H20N2O3. The van der Waals surface area contributed by atoms with Crippen molar-refractivity contribution in [2.75, 3.05) is 20.2 Å². The number of rotatable bonds is 1. The maximum absolute atomic E-state index is 13.0. The fourth-order valence-corrected chi connectivity index (χ4v) is 4.25. The van der Waals surface area contributed by atoms with Gasteiger partial charge in [-0.1, -0.05) is 12.1 Å². The lowest BCUT2D eigenvalue weighted by molar-refractivity contribution is -0.159. The van der Waals surface area contributed by atoms with E-state index in [0.29, 0.717) is 25.9 Å². The van der Waals surface area contributed by atoms with E-state index in [1.807, 2.05) is 24.0 Å². The first-order chi connectivity index (χ1) is 10.6. The molecular weight excluding hydrogens is 280 g/mol. The number of hydrogen-bond acceptors (Lipinski definition) is 3. The van der Waals surface area contributed by atoms with E-state index in [9.17, 15) is 9.59 Å². The molecule has 2 saturated heterocycles. The normalized spacial score (nSPS) is 30.0. The van der Waals surface area contributed by atoms with Gasteiger partial charge >= 0.3 is 0 Å². The predicted octanol–water partition coefficient (Wildman–Crippen LogP) is 1.52. The third-order valence-corrected chi connectivity index (χ3v) is 5.53. The van der Waals surface area contributed by atoms with E-state index in [-0.39, 0.29) is 17.9 Å². The highest BCUT2D eigenvalue weighted by Crippen LogP contribution is 2.44. The summed E-state index contributed by atoms with van der Waals surface area (Å²) in [5.74, 6) is 1.08. The molecule has 4 rings (SSSR count). The Hall–Kier alpha value is -2.04. The van der Waals surface area contributed by atoms with Crippen LogP contribution in [0, 0.1) is 0 Å². The molecule has 1 aromatic carbocycles. The molecule has 0 spiro atoms. The molecule has 3 aliphatic heterocycles. The fraction of sp³-hybridized carbons (Fsp3) is 0.529. The van der Waals surface area contributed by atoms with Gasteiger partial charge in [-0.3, -0.25) is 9.59 Å². The minimum atomic E-state index is -0.635. The number of piperazine rings is 1. The van der Waals surface area contributed by atoms with Gasteiger partial charge in [-0.25, -0.2) is 0 Å². The molecule has 0 aromatic heterocycles. The van der Waals surface area contributed by atoms with Gasteiger partial charge in [-0.2, -0.15) is 0 Å². The number of ether oxygens (including phenoxy) is 1. The van der Waals surface area contributed by atoms with Crippen molar-refractivity contribution in [1.29, 1.82) is 0 Å². The van der Waals surface area contributed by atoms with Crippen LogP contribution >= 0.6 is 0 Å². The Kier molecular flexibility index (Phi) is 2.77. The molecule has 0 radical (unpaired) electrons. The van der Waals surface area contributed by atoms with Gasteiger partial charge in [0.05, 0.1) is 13.2 Å². The molecule has 0 saturated carbocycles. The third-order valence-electron chi connectivity index (χ3n) is 5.53. The molecule has 0 bridgehead atoms. The molecule has 3 aliphatic rings. The molecule has 0 aliphatic carbocycles. The largest absolute Gasteiger partial charge is 0.496 e. The summed E-state index contributed by atoms with van der Waals surface area (Å²) >= 11 is 0. The SMILES string of the molecule is COc1cccc2c1CCN1C(=O)[C@]3(C)CCC(=O)N3C[C@H]21. The van der Waals surface area contributed by atoms with Crippen molar-refractivity contribution in [1.82, 2.24) is 9.80 Å². The van der Waals surface area contributed by atoms with Crippen molar-refractivity contribution in [3.05, 3.63) is 29.3 Å². The highest BCUT2D eigenvalue weighted by molar-refractivity contribution is 5.96. The average Bonchev–Trinajstić information content (AvgIpc) is 2.84. The van der Waals surface area contributed by atoms with Crippen molar-refractivity contribution in [2.45, 2.75) is 37.8 Å². The molecule has 5 heteroatoms. The molecule has 0 N–H and O–H groups in total. The molecule has 116 valence electrons. The van der Waals surface area contributed by atoms with Gasteiger partial charge in [0, 0.05) is 25.1 Å². The van der Waals surface area contributed by atoms with E-state index in [0.717, 1.165) is 17.7 Å². The second kappa shape index (κ2) is 4.48. The van der Waals surface area contributed by atoms with Crippen LogP contribution in [0.3, 0.4) is 0 Å². The number of benzene rings is 1. The van der Waals surface area contributed by atoms with Crippen LogP contribution < -0.4 is 4.74 Å². The summed E-state index contributed by atoms with van der Waals surface area (Å²) in [5, 5.41) is 0. The molecule has 2 amide bonds. The summed E-state index contributed by atoms with van der Waals surface area (Å²) in [4.78, 5) is 28.9. The molecule has 1 aromatic rings. The molecule has 0 unspecified atom stereocenters. The van der Waals surface area contributed by atoms with Crippen molar-refractivity contribution in [2.24, 2.45) is 0 Å². The number of fused-ring (bicyclic) bond motifs is 4. The highest BCUT2D eigenvalue weighted by Gasteiger charge is 2.55. The summed E-state index contributed by atoms with van der Waals surface area (Å²) in [5.41, 5.74) is 1.67. The van der Waals surface area contributed by atoms with Gasteiger partial charge in [0.1, 0.15) is 11.3 Å². The predicted molar refractivity (Wildman–Crippen MR) is 80.5 cm³/mol. The Labute approximate surface area is 129 Å². The first kappa shape index (κ1) is 13.6. The fourth-order valence-electron chi connectivity index (χ4n) is 4.25. The number of carbonyl (C=O) groups excluding carboxylic acids is 2. The summed E-state index contributed by atoms with van der Waals surface area (Å²) in [6.45, 7) is 3.22. The van der Waals surface area contributed by atoms with Crippen LogP contribution in [0.2, 0.25) is 0 Å². The smallest absolute Gasteiger partial charge is 0.248 e. The zero-order valence-electron chi connectivity index (χ0n) is 13.0. The minimum Gasteiger partial charge on any atom is -0.496 e. The van der Waals surface area contributed by atoms with Gasteiger partial charge in [0.15, 0.2) is 0 Å². The highest BCUT2D eigenvalue weighted by atomic mass is 16.5. The molecule has 2 fully saturated rings. The molecule has 3 heterocycles. The summed E-state index contributed by atoms with van der Waals surface area (Å²) in [6.07, 6.45) is 1.93. The lowest BCUT2D eigenvalue weighted by Crippen LogP contribution is -2.64. The summed E-state index contributed by atoms with van der Waals surface area (Å²) < 4.78 is 5.46. The number of hydrogen-bond donors (Lipinski definition) is 0. The van der Waals surface area contributed by atoms with E-state index in [4.69, 9.17) is 4.74 Å². The quantitative estimate of drug-likeness (QED) is 0.790. The van der Waals surface area contributed by atoms with Crippen LogP contribution in [0.15, 0.2) is 18.2 Å². The van der Waals surface area contributed by atoms with E-state index in [1.54, 1.807) is 12.0 Å². The Morgan fingerprint density at radius 3 is 2.86 bits per heavy atom. The van der Waals surface area contributed by atoms with Crippen LogP contribution in [-0.4, -0.2) is 47.4 Å². The number of carbonyl (C=O) groups is 2. The van der Waals surface area contributed by atoms with Crippen molar-refractivity contribution in [3.63, 3.8) is 0 Å². The lowest BCUT2D eigenvalue weighted by Gasteiger charge is -2.50. The van der Waals surface area contributed by atoms with Gasteiger partial charge < -0.3 is 14.5 Å². The second-order valence-electron chi connectivity index (χ2n) is 6.57. The van der Waals surface area contributed by atoms with Gasteiger partial charge in [-0.05, 0) is 31.4 Å². The van der Waals surface area contributed by atoms with Gasteiger partial charge in [0.25, 0.3) is 0 Å². The van der Waals surface area contributed by atoms with E-state index in [2.05, 4.69) is 6.07 Å². The average molecular weight is 300 g/mol. The van der Waals surface area contributed by atoms with Crippen molar-refractivity contribution >= 4 is 11.8 Å². The van der Waals surface area contributed by atoms with Crippen molar-refractivity contribution in [3.8, 4) is 5.75 Å². The second-order valence-corrected chi connectivity index (χ2v) is 6.57. The Morgan fingerprint density at radius 1 is 1.27 bits per heavy atom. The van der Waals surface area contributed by atoms with Gasteiger partial charge in [0.2, 0.25) is 11.8 Å². The van der Waals surface area contributed by atoms with Crippen LogP contribution in [0.4, 0.5) is 0 Å². The first-order valence-electron chi connectivity index (χ1n) is 7.83. The first-order valence-corrected chi connectivity index (χ1v) is 7.83. The van der Waals surface area contributed by atoms with Crippen LogP contribution in [0.5, 0.6) is 5.75 Å². The number of nitrogens with zero attached hydrogens (tertiary/aromatic N) is 2. The molecule has 2 atom stereocenters. The summed E-state index contributed by atoms with van der Waals surface area (Å²) in [6, 6.07) is 5.95. The maximum atomic E-state index is 13.0. The Morgan fingerprint density at radius 2 is 2.09 bits per heavy atom. The van der Waals surface area contributed by atoms with Crippen LogP contribution in [-0.2, 0) is 16.0 Å². The van der Waals surface area contributed by atoms with Crippen molar-refractivity contribution < 1.29 is 14.3 Å². The standard InChI is InChI=1S/C17H20N2O3/c1-17-8-6-15(20)19(17)10-13-11-4-3-5-14(22-2)12(11)7-9-18(13)16(17)21/h3-5,13H,6-10H2,1-2H3/t13-,17+/m1/s1. The zero-order valence-corrected chi connectivity index (χ0v) is 13.0. The Balaban J connectivity index is 1.79. The van der Waals surface area contributed by atoms with Crippen LogP contribution in [0.25, 0.3) is 0 Å². The van der Waals surface area contributed by atoms with E-state index >= 15 is 0 Å². The van der Waals surface area contributed by atoms with Gasteiger partial charge in [-0.15, -0.1) is 0 Å². The monoisotopic (exact) mass is 300 g/mol. The molecule has 5 nitrogen and oxygen atoms in total. The van der Waals surface area contributed by atoms with E-state index in [1.165, 1.54) is 5.56 Å². The maximum Gasteiger partial charge on any atom is 0.248 e. The number of methoxy groups -OCH3 is 1. The van der Waals surface area contributed by atoms with Crippen LogP contribution in [0.1, 0.15) is 36.9 Å².